The lowest BCUT2D eigenvalue weighted by Crippen LogP contribution is -2.19. The predicted octanol–water partition coefficient (Wildman–Crippen LogP) is 1.76. The highest BCUT2D eigenvalue weighted by Crippen LogP contribution is 2.27. The van der Waals surface area contributed by atoms with E-state index in [2.05, 4.69) is 20.6 Å². The zero-order valence-corrected chi connectivity index (χ0v) is 15.2. The number of sulfonamides is 1. The van der Waals surface area contributed by atoms with Crippen molar-refractivity contribution in [1.29, 1.82) is 0 Å². The molecule has 0 bridgehead atoms. The SMILES string of the molecule is NS(=O)(=O)c1ccc(Nc2ncc3cccc(O[C@@H]4CCNC4)c3n2)cc1. The van der Waals surface area contributed by atoms with E-state index in [9.17, 15) is 8.42 Å². The van der Waals surface area contributed by atoms with Gasteiger partial charge in [0, 0.05) is 23.8 Å². The van der Waals surface area contributed by atoms with Crippen molar-refractivity contribution >= 4 is 32.6 Å². The number of nitrogens with zero attached hydrogens (tertiary/aromatic N) is 2. The van der Waals surface area contributed by atoms with Crippen LogP contribution in [0.15, 0.2) is 53.6 Å². The van der Waals surface area contributed by atoms with Gasteiger partial charge in [0.15, 0.2) is 0 Å². The number of benzene rings is 2. The Labute approximate surface area is 156 Å². The molecule has 0 amide bonds. The van der Waals surface area contributed by atoms with Crippen molar-refractivity contribution < 1.29 is 13.2 Å². The highest BCUT2D eigenvalue weighted by molar-refractivity contribution is 7.89. The normalized spacial score (nSPS) is 17.1. The van der Waals surface area contributed by atoms with E-state index in [-0.39, 0.29) is 11.0 Å². The Hall–Kier alpha value is -2.75. The maximum Gasteiger partial charge on any atom is 0.238 e. The average Bonchev–Trinajstić information content (AvgIpc) is 3.15. The standard InChI is InChI=1S/C18H19N5O3S/c19-27(24,25)15-6-4-13(5-7-15)22-18-21-10-12-2-1-3-16(17(12)23-18)26-14-8-9-20-11-14/h1-7,10,14,20H,8-9,11H2,(H2,19,24,25)(H,21,22,23)/t14-/m1/s1. The lowest BCUT2D eigenvalue weighted by atomic mass is 10.2. The summed E-state index contributed by atoms with van der Waals surface area (Å²) in [6.07, 6.45) is 2.82. The molecule has 1 aliphatic rings. The van der Waals surface area contributed by atoms with E-state index in [1.54, 1.807) is 18.3 Å². The Morgan fingerprint density at radius 3 is 2.70 bits per heavy atom. The van der Waals surface area contributed by atoms with Gasteiger partial charge >= 0.3 is 0 Å². The van der Waals surface area contributed by atoms with Crippen LogP contribution in [0.25, 0.3) is 10.9 Å². The van der Waals surface area contributed by atoms with Gasteiger partial charge in [-0.1, -0.05) is 12.1 Å². The molecule has 1 atom stereocenters. The van der Waals surface area contributed by atoms with Gasteiger partial charge in [0.1, 0.15) is 17.4 Å². The molecule has 0 aliphatic carbocycles. The van der Waals surface area contributed by atoms with Gasteiger partial charge in [-0.15, -0.1) is 0 Å². The molecule has 4 N–H and O–H groups in total. The summed E-state index contributed by atoms with van der Waals surface area (Å²) in [5, 5.41) is 12.3. The third-order valence-electron chi connectivity index (χ3n) is 4.32. The van der Waals surface area contributed by atoms with Crippen molar-refractivity contribution in [1.82, 2.24) is 15.3 Å². The topological polar surface area (TPSA) is 119 Å². The highest BCUT2D eigenvalue weighted by Gasteiger charge is 2.17. The first-order valence-corrected chi connectivity index (χ1v) is 10.1. The largest absolute Gasteiger partial charge is 0.487 e. The van der Waals surface area contributed by atoms with Crippen LogP contribution in [0.4, 0.5) is 11.6 Å². The minimum atomic E-state index is -3.72. The summed E-state index contributed by atoms with van der Waals surface area (Å²) in [5.74, 6) is 1.11. The number of primary sulfonamides is 1. The highest BCUT2D eigenvalue weighted by atomic mass is 32.2. The summed E-state index contributed by atoms with van der Waals surface area (Å²) in [4.78, 5) is 8.94. The number of hydrogen-bond donors (Lipinski definition) is 3. The molecule has 0 unspecified atom stereocenters. The maximum absolute atomic E-state index is 11.3. The smallest absolute Gasteiger partial charge is 0.238 e. The number of para-hydroxylation sites is 1. The predicted molar refractivity (Wildman–Crippen MR) is 103 cm³/mol. The van der Waals surface area contributed by atoms with Crippen LogP contribution >= 0.6 is 0 Å². The number of hydrogen-bond acceptors (Lipinski definition) is 7. The van der Waals surface area contributed by atoms with Gasteiger partial charge in [0.05, 0.1) is 4.90 Å². The molecule has 0 radical (unpaired) electrons. The first-order valence-electron chi connectivity index (χ1n) is 8.52. The van der Waals surface area contributed by atoms with Gasteiger partial charge in [-0.25, -0.2) is 23.5 Å². The second-order valence-electron chi connectivity index (χ2n) is 6.31. The monoisotopic (exact) mass is 385 g/mol. The number of nitrogens with one attached hydrogen (secondary N) is 2. The lowest BCUT2D eigenvalue weighted by molar-refractivity contribution is 0.225. The van der Waals surface area contributed by atoms with Gasteiger partial charge in [-0.3, -0.25) is 0 Å². The Bertz CT molecular complexity index is 1060. The molecule has 2 heterocycles. The van der Waals surface area contributed by atoms with Gasteiger partial charge in [-0.2, -0.15) is 0 Å². The van der Waals surface area contributed by atoms with E-state index < -0.39 is 10.0 Å². The Balaban J connectivity index is 1.60. The molecular formula is C18H19N5O3S. The minimum Gasteiger partial charge on any atom is -0.487 e. The maximum atomic E-state index is 11.3. The zero-order chi connectivity index (χ0) is 18.9. The Kier molecular flexibility index (Phi) is 4.65. The van der Waals surface area contributed by atoms with E-state index in [4.69, 9.17) is 9.88 Å². The first kappa shape index (κ1) is 17.7. The van der Waals surface area contributed by atoms with Crippen LogP contribution in [0.5, 0.6) is 5.75 Å². The molecule has 8 nitrogen and oxygen atoms in total. The van der Waals surface area contributed by atoms with Gasteiger partial charge in [-0.05, 0) is 43.3 Å². The summed E-state index contributed by atoms with van der Waals surface area (Å²) >= 11 is 0. The molecule has 3 aromatic rings. The van der Waals surface area contributed by atoms with E-state index in [1.807, 2.05) is 18.2 Å². The van der Waals surface area contributed by atoms with Crippen LogP contribution in [-0.4, -0.2) is 37.6 Å². The third kappa shape index (κ3) is 4.00. The second-order valence-corrected chi connectivity index (χ2v) is 7.88. The summed E-state index contributed by atoms with van der Waals surface area (Å²) in [6, 6.07) is 11.8. The molecule has 0 saturated carbocycles. The molecule has 1 aromatic heterocycles. The summed E-state index contributed by atoms with van der Waals surface area (Å²) in [6.45, 7) is 1.77. The van der Waals surface area contributed by atoms with Gasteiger partial charge in [0.2, 0.25) is 16.0 Å². The zero-order valence-electron chi connectivity index (χ0n) is 14.4. The van der Waals surface area contributed by atoms with Crippen molar-refractivity contribution in [3.63, 3.8) is 0 Å². The quantitative estimate of drug-likeness (QED) is 0.612. The van der Waals surface area contributed by atoms with Crippen LogP contribution in [0.2, 0.25) is 0 Å². The molecule has 1 aliphatic heterocycles. The summed E-state index contributed by atoms with van der Waals surface area (Å²) in [5.41, 5.74) is 1.38. The molecule has 4 rings (SSSR count). The van der Waals surface area contributed by atoms with Crippen molar-refractivity contribution in [2.45, 2.75) is 17.4 Å². The van der Waals surface area contributed by atoms with Crippen LogP contribution in [-0.2, 0) is 10.0 Å². The second kappa shape index (κ2) is 7.10. The first-order chi connectivity index (χ1) is 13.0. The number of anilines is 2. The van der Waals surface area contributed by atoms with Gasteiger partial charge < -0.3 is 15.4 Å². The molecule has 0 spiro atoms. The van der Waals surface area contributed by atoms with Crippen LogP contribution < -0.4 is 20.5 Å². The van der Waals surface area contributed by atoms with Crippen molar-refractivity contribution in [3.8, 4) is 5.75 Å². The van der Waals surface area contributed by atoms with Crippen LogP contribution in [0.3, 0.4) is 0 Å². The number of nitrogens with two attached hydrogens (primary N) is 1. The average molecular weight is 385 g/mol. The van der Waals surface area contributed by atoms with E-state index in [0.29, 0.717) is 11.6 Å². The lowest BCUT2D eigenvalue weighted by Gasteiger charge is -2.14. The van der Waals surface area contributed by atoms with Crippen molar-refractivity contribution in [2.75, 3.05) is 18.4 Å². The molecular weight excluding hydrogens is 366 g/mol. The summed E-state index contributed by atoms with van der Waals surface area (Å²) in [7, 11) is -3.72. The van der Waals surface area contributed by atoms with E-state index in [0.717, 1.165) is 36.2 Å². The third-order valence-corrected chi connectivity index (χ3v) is 5.25. The van der Waals surface area contributed by atoms with Crippen LogP contribution in [0, 0.1) is 0 Å². The Morgan fingerprint density at radius 2 is 2.00 bits per heavy atom. The van der Waals surface area contributed by atoms with Crippen LogP contribution in [0.1, 0.15) is 6.42 Å². The Morgan fingerprint density at radius 1 is 1.19 bits per heavy atom. The molecule has 1 fully saturated rings. The molecule has 27 heavy (non-hydrogen) atoms. The molecule has 1 saturated heterocycles. The number of fused-ring (bicyclic) bond motifs is 1. The molecule has 2 aromatic carbocycles. The number of aromatic nitrogens is 2. The fraction of sp³-hybridized carbons (Fsp3) is 0.222. The van der Waals surface area contributed by atoms with Crippen molar-refractivity contribution in [2.24, 2.45) is 5.14 Å². The number of ether oxygens (including phenoxy) is 1. The molecule has 9 heteroatoms. The van der Waals surface area contributed by atoms with E-state index in [1.165, 1.54) is 12.1 Å². The minimum absolute atomic E-state index is 0.0494. The van der Waals surface area contributed by atoms with Gasteiger partial charge in [0.25, 0.3) is 0 Å². The summed E-state index contributed by atoms with van der Waals surface area (Å²) < 4.78 is 28.8. The number of rotatable bonds is 5. The fourth-order valence-electron chi connectivity index (χ4n) is 2.95. The molecule has 140 valence electrons. The van der Waals surface area contributed by atoms with Crippen molar-refractivity contribution in [3.05, 3.63) is 48.7 Å². The fourth-order valence-corrected chi connectivity index (χ4v) is 3.46. The van der Waals surface area contributed by atoms with E-state index >= 15 is 0 Å².